The average Bonchev–Trinajstić information content (AvgIpc) is 3.01. The highest BCUT2D eigenvalue weighted by molar-refractivity contribution is 6.12. The van der Waals surface area contributed by atoms with Crippen molar-refractivity contribution in [2.24, 2.45) is 17.8 Å². The molecule has 0 bridgehead atoms. The number of halogens is 1. The first-order chi connectivity index (χ1) is 11.2. The number of aliphatic imine (C=N–C) groups is 1. The van der Waals surface area contributed by atoms with Gasteiger partial charge in [-0.05, 0) is 37.3 Å². The van der Waals surface area contributed by atoms with Crippen LogP contribution in [0.4, 0.5) is 0 Å². The lowest BCUT2D eigenvalue weighted by Gasteiger charge is -2.37. The summed E-state index contributed by atoms with van der Waals surface area (Å²) in [7, 11) is 1.92. The minimum atomic E-state index is -0.926. The van der Waals surface area contributed by atoms with Crippen LogP contribution in [-0.4, -0.2) is 15.5 Å². The van der Waals surface area contributed by atoms with Crippen LogP contribution in [0.3, 0.4) is 0 Å². The smallest absolute Gasteiger partial charge is 0.209 e. The van der Waals surface area contributed by atoms with E-state index in [1.54, 1.807) is 0 Å². The molecule has 2 aromatic rings. The molecule has 126 valence electrons. The van der Waals surface area contributed by atoms with Gasteiger partial charge in [-0.15, -0.1) is 12.4 Å². The SMILES string of the molecule is Cl.Cn1ccc(C2=NC(N)(c3ccccc3)NC3=C2CCCC3)n1. The quantitative estimate of drug-likeness (QED) is 0.881. The third-order valence-corrected chi connectivity index (χ3v) is 4.55. The fourth-order valence-electron chi connectivity index (χ4n) is 3.39. The monoisotopic (exact) mass is 343 g/mol. The Labute approximate surface area is 148 Å². The van der Waals surface area contributed by atoms with Crippen LogP contribution in [-0.2, 0) is 12.8 Å². The number of allylic oxidation sites excluding steroid dienone is 2. The van der Waals surface area contributed by atoms with Gasteiger partial charge in [0.25, 0.3) is 0 Å². The summed E-state index contributed by atoms with van der Waals surface area (Å²) in [6.07, 6.45) is 6.38. The van der Waals surface area contributed by atoms with E-state index in [9.17, 15) is 0 Å². The van der Waals surface area contributed by atoms with Crippen molar-refractivity contribution in [2.75, 3.05) is 0 Å². The number of hydrogen-bond acceptors (Lipinski definition) is 4. The molecule has 0 amide bonds. The van der Waals surface area contributed by atoms with E-state index in [4.69, 9.17) is 10.7 Å². The van der Waals surface area contributed by atoms with E-state index < -0.39 is 5.79 Å². The largest absolute Gasteiger partial charge is 0.348 e. The van der Waals surface area contributed by atoms with Crippen molar-refractivity contribution in [3.63, 3.8) is 0 Å². The second-order valence-electron chi connectivity index (χ2n) is 6.26. The minimum absolute atomic E-state index is 0. The van der Waals surface area contributed by atoms with E-state index in [-0.39, 0.29) is 12.4 Å². The maximum atomic E-state index is 6.65. The molecule has 1 aliphatic carbocycles. The summed E-state index contributed by atoms with van der Waals surface area (Å²) in [6, 6.07) is 12.0. The zero-order chi connectivity index (χ0) is 15.9. The molecule has 0 spiro atoms. The number of rotatable bonds is 2. The number of aromatic nitrogens is 2. The van der Waals surface area contributed by atoms with Gasteiger partial charge in [0.15, 0.2) is 0 Å². The van der Waals surface area contributed by atoms with Gasteiger partial charge in [-0.3, -0.25) is 10.4 Å². The number of hydrogen-bond donors (Lipinski definition) is 2. The zero-order valence-electron chi connectivity index (χ0n) is 13.7. The van der Waals surface area contributed by atoms with E-state index in [0.717, 1.165) is 29.8 Å². The first-order valence-electron chi connectivity index (χ1n) is 8.10. The molecule has 0 saturated heterocycles. The third kappa shape index (κ3) is 2.85. The van der Waals surface area contributed by atoms with Gasteiger partial charge in [0.2, 0.25) is 5.79 Å². The Morgan fingerprint density at radius 1 is 1.12 bits per heavy atom. The van der Waals surface area contributed by atoms with Gasteiger partial charge < -0.3 is 5.32 Å². The number of nitrogens with one attached hydrogen (secondary N) is 1. The Bertz CT molecular complexity index is 793. The molecule has 0 saturated carbocycles. The maximum Gasteiger partial charge on any atom is 0.209 e. The summed E-state index contributed by atoms with van der Waals surface area (Å²) in [5.41, 5.74) is 11.9. The van der Waals surface area contributed by atoms with Crippen LogP contribution >= 0.6 is 12.4 Å². The summed E-state index contributed by atoms with van der Waals surface area (Å²) in [6.45, 7) is 0. The fourth-order valence-corrected chi connectivity index (χ4v) is 3.39. The van der Waals surface area contributed by atoms with Gasteiger partial charge in [-0.2, -0.15) is 5.10 Å². The Morgan fingerprint density at radius 2 is 1.88 bits per heavy atom. The predicted molar refractivity (Wildman–Crippen MR) is 97.9 cm³/mol. The van der Waals surface area contributed by atoms with Crippen molar-refractivity contribution in [3.05, 3.63) is 65.1 Å². The summed E-state index contributed by atoms with van der Waals surface area (Å²) >= 11 is 0. The molecule has 1 aromatic carbocycles. The van der Waals surface area contributed by atoms with Gasteiger partial charge >= 0.3 is 0 Å². The van der Waals surface area contributed by atoms with Crippen molar-refractivity contribution in [1.29, 1.82) is 0 Å². The fraction of sp³-hybridized carbons (Fsp3) is 0.333. The highest BCUT2D eigenvalue weighted by atomic mass is 35.5. The number of nitrogens with two attached hydrogens (primary N) is 1. The van der Waals surface area contributed by atoms with Crippen LogP contribution in [0.1, 0.15) is 36.9 Å². The van der Waals surface area contributed by atoms with E-state index in [1.165, 1.54) is 24.1 Å². The van der Waals surface area contributed by atoms with Crippen LogP contribution in [0.25, 0.3) is 0 Å². The number of nitrogens with zero attached hydrogens (tertiary/aromatic N) is 3. The number of aryl methyl sites for hydroxylation is 1. The van der Waals surface area contributed by atoms with Crippen molar-refractivity contribution >= 4 is 18.1 Å². The zero-order valence-corrected chi connectivity index (χ0v) is 14.5. The van der Waals surface area contributed by atoms with E-state index >= 15 is 0 Å². The first-order valence-corrected chi connectivity index (χ1v) is 8.10. The second-order valence-corrected chi connectivity index (χ2v) is 6.26. The molecule has 3 N–H and O–H groups in total. The van der Waals surface area contributed by atoms with Gasteiger partial charge in [0.1, 0.15) is 5.69 Å². The van der Waals surface area contributed by atoms with Gasteiger partial charge in [-0.1, -0.05) is 30.3 Å². The lowest BCUT2D eigenvalue weighted by molar-refractivity contribution is 0.376. The molecule has 4 rings (SSSR count). The molecule has 0 fully saturated rings. The van der Waals surface area contributed by atoms with Crippen molar-refractivity contribution < 1.29 is 0 Å². The molecule has 6 heteroatoms. The van der Waals surface area contributed by atoms with Gasteiger partial charge in [0.05, 0.1) is 5.71 Å². The summed E-state index contributed by atoms with van der Waals surface area (Å²) in [5, 5.41) is 8.04. The molecule has 2 aliphatic rings. The molecule has 1 aromatic heterocycles. The molecule has 5 nitrogen and oxygen atoms in total. The molecule has 0 radical (unpaired) electrons. The van der Waals surface area contributed by atoms with Crippen molar-refractivity contribution in [2.45, 2.75) is 31.5 Å². The van der Waals surface area contributed by atoms with Crippen molar-refractivity contribution in [3.8, 4) is 0 Å². The maximum absolute atomic E-state index is 6.65. The molecular weight excluding hydrogens is 322 g/mol. The Balaban J connectivity index is 0.00000169. The molecule has 1 unspecified atom stereocenters. The topological polar surface area (TPSA) is 68.2 Å². The van der Waals surface area contributed by atoms with Crippen LogP contribution in [0.15, 0.2) is 58.9 Å². The predicted octanol–water partition coefficient (Wildman–Crippen LogP) is 2.83. The van der Waals surface area contributed by atoms with Gasteiger partial charge in [0, 0.05) is 24.5 Å². The minimum Gasteiger partial charge on any atom is -0.348 e. The number of benzene rings is 1. The average molecular weight is 344 g/mol. The van der Waals surface area contributed by atoms with E-state index in [2.05, 4.69) is 10.4 Å². The van der Waals surface area contributed by atoms with Crippen LogP contribution in [0, 0.1) is 0 Å². The molecular formula is C18H22ClN5. The molecule has 1 atom stereocenters. The normalized spacial score (nSPS) is 23.0. The van der Waals surface area contributed by atoms with E-state index in [1.807, 2.05) is 54.3 Å². The Kier molecular flexibility index (Phi) is 4.47. The standard InChI is InChI=1S/C18H21N5.ClH/c1-23-12-11-16(22-23)17-14-9-5-6-10-15(14)20-18(19,21-17)13-7-3-2-4-8-13;/h2-4,7-8,11-12,20H,5-6,9-10,19H2,1H3;1H. The lowest BCUT2D eigenvalue weighted by Crippen LogP contribution is -2.52. The Hall–Kier alpha value is -2.11. The lowest BCUT2D eigenvalue weighted by atomic mass is 9.88. The van der Waals surface area contributed by atoms with Gasteiger partial charge in [-0.25, -0.2) is 4.99 Å². The highest BCUT2D eigenvalue weighted by Crippen LogP contribution is 2.34. The van der Waals surface area contributed by atoms with Crippen molar-refractivity contribution in [1.82, 2.24) is 15.1 Å². The van der Waals surface area contributed by atoms with Crippen LogP contribution in [0.5, 0.6) is 0 Å². The summed E-state index contributed by atoms with van der Waals surface area (Å²) in [5.74, 6) is -0.926. The Morgan fingerprint density at radius 3 is 2.58 bits per heavy atom. The molecule has 1 aliphatic heterocycles. The molecule has 24 heavy (non-hydrogen) atoms. The van der Waals surface area contributed by atoms with E-state index in [0.29, 0.717) is 0 Å². The summed E-state index contributed by atoms with van der Waals surface area (Å²) in [4.78, 5) is 4.90. The first kappa shape index (κ1) is 16.7. The third-order valence-electron chi connectivity index (χ3n) is 4.55. The summed E-state index contributed by atoms with van der Waals surface area (Å²) < 4.78 is 1.81. The van der Waals surface area contributed by atoms with Crippen LogP contribution in [0.2, 0.25) is 0 Å². The van der Waals surface area contributed by atoms with Crippen LogP contribution < -0.4 is 11.1 Å². The second kappa shape index (κ2) is 6.42. The highest BCUT2D eigenvalue weighted by Gasteiger charge is 2.35. The molecule has 2 heterocycles.